The number of benzene rings is 2. The Morgan fingerprint density at radius 1 is 1.00 bits per heavy atom. The summed E-state index contributed by atoms with van der Waals surface area (Å²) in [4.78, 5) is 30.1. The van der Waals surface area contributed by atoms with E-state index in [1.165, 1.54) is 5.56 Å². The molecular formula is C30H37N5O3. The van der Waals surface area contributed by atoms with Gasteiger partial charge in [-0.3, -0.25) is 4.79 Å². The van der Waals surface area contributed by atoms with E-state index in [4.69, 9.17) is 19.4 Å². The van der Waals surface area contributed by atoms with Crippen LogP contribution in [0.5, 0.6) is 11.5 Å². The van der Waals surface area contributed by atoms with Crippen molar-refractivity contribution in [2.75, 3.05) is 50.7 Å². The molecule has 8 heteroatoms. The van der Waals surface area contributed by atoms with Crippen LogP contribution in [0.2, 0.25) is 0 Å². The van der Waals surface area contributed by atoms with Crippen LogP contribution in [-0.4, -0.2) is 61.7 Å². The molecule has 2 aromatic carbocycles. The molecule has 1 amide bonds. The minimum Gasteiger partial charge on any atom is -0.497 e. The van der Waals surface area contributed by atoms with Crippen molar-refractivity contribution in [3.63, 3.8) is 0 Å². The Hall–Kier alpha value is -3.81. The number of carbonyl (C=O) groups is 1. The van der Waals surface area contributed by atoms with Crippen molar-refractivity contribution in [2.24, 2.45) is 5.92 Å². The highest BCUT2D eigenvalue weighted by atomic mass is 16.5. The second-order valence-electron chi connectivity index (χ2n) is 10.4. The summed E-state index contributed by atoms with van der Waals surface area (Å²) in [6, 6.07) is 15.7. The van der Waals surface area contributed by atoms with Gasteiger partial charge < -0.3 is 24.2 Å². The van der Waals surface area contributed by atoms with Gasteiger partial charge in [-0.2, -0.15) is 4.98 Å². The first-order chi connectivity index (χ1) is 18.4. The maximum absolute atomic E-state index is 13.6. The van der Waals surface area contributed by atoms with Gasteiger partial charge in [0.25, 0.3) is 5.91 Å². The molecule has 5 rings (SSSR count). The number of hydrogen-bond acceptors (Lipinski definition) is 7. The van der Waals surface area contributed by atoms with Gasteiger partial charge in [-0.25, -0.2) is 4.98 Å². The van der Waals surface area contributed by atoms with Crippen LogP contribution in [0, 0.1) is 5.92 Å². The fraction of sp³-hybridized carbons (Fsp3) is 0.433. The highest BCUT2D eigenvalue weighted by Crippen LogP contribution is 2.33. The maximum Gasteiger partial charge on any atom is 0.254 e. The molecular weight excluding hydrogens is 478 g/mol. The van der Waals surface area contributed by atoms with E-state index in [0.717, 1.165) is 55.5 Å². The van der Waals surface area contributed by atoms with Crippen LogP contribution in [0.4, 0.5) is 11.8 Å². The number of rotatable bonds is 7. The lowest BCUT2D eigenvalue weighted by molar-refractivity contribution is 0.0733. The van der Waals surface area contributed by atoms with Gasteiger partial charge in [-0.15, -0.1) is 0 Å². The van der Waals surface area contributed by atoms with E-state index in [-0.39, 0.29) is 5.91 Å². The number of carbonyl (C=O) groups excluding carboxylic acids is 1. The highest BCUT2D eigenvalue weighted by molar-refractivity contribution is 5.95. The molecule has 3 heterocycles. The SMILES string of the molecule is COc1cc(OC)cc(C(=O)N2CCc3nc(N(C)Cc4ccccc4)nc(N4CCC(C)CC4)c3C2)c1. The third-order valence-electron chi connectivity index (χ3n) is 7.60. The molecule has 0 spiro atoms. The molecule has 0 N–H and O–H groups in total. The highest BCUT2D eigenvalue weighted by Gasteiger charge is 2.30. The fourth-order valence-corrected chi connectivity index (χ4v) is 5.25. The molecule has 2 aliphatic heterocycles. The number of anilines is 2. The molecule has 38 heavy (non-hydrogen) atoms. The van der Waals surface area contributed by atoms with E-state index in [2.05, 4.69) is 41.0 Å². The lowest BCUT2D eigenvalue weighted by Gasteiger charge is -2.36. The summed E-state index contributed by atoms with van der Waals surface area (Å²) in [5, 5.41) is 0. The molecule has 200 valence electrons. The summed E-state index contributed by atoms with van der Waals surface area (Å²) in [5.41, 5.74) is 3.87. The van der Waals surface area contributed by atoms with E-state index in [1.54, 1.807) is 32.4 Å². The summed E-state index contributed by atoms with van der Waals surface area (Å²) in [6.07, 6.45) is 2.97. The number of amides is 1. The average Bonchev–Trinajstić information content (AvgIpc) is 2.96. The molecule has 2 aliphatic rings. The number of methoxy groups -OCH3 is 2. The Morgan fingerprint density at radius 3 is 2.34 bits per heavy atom. The second kappa shape index (κ2) is 11.3. The Morgan fingerprint density at radius 2 is 1.68 bits per heavy atom. The van der Waals surface area contributed by atoms with E-state index >= 15 is 0 Å². The van der Waals surface area contributed by atoms with Crippen LogP contribution in [-0.2, 0) is 19.5 Å². The van der Waals surface area contributed by atoms with Gasteiger partial charge >= 0.3 is 0 Å². The first kappa shape index (κ1) is 25.8. The minimum absolute atomic E-state index is 0.0451. The molecule has 0 atom stereocenters. The summed E-state index contributed by atoms with van der Waals surface area (Å²) in [5.74, 6) is 3.57. The van der Waals surface area contributed by atoms with Crippen LogP contribution in [0.1, 0.15) is 46.9 Å². The quantitative estimate of drug-likeness (QED) is 0.457. The summed E-state index contributed by atoms with van der Waals surface area (Å²) < 4.78 is 10.8. The van der Waals surface area contributed by atoms with Crippen LogP contribution >= 0.6 is 0 Å². The monoisotopic (exact) mass is 515 g/mol. The lowest BCUT2D eigenvalue weighted by atomic mass is 9.98. The predicted molar refractivity (Wildman–Crippen MR) is 149 cm³/mol. The number of aromatic nitrogens is 2. The Labute approximate surface area is 225 Å². The lowest BCUT2D eigenvalue weighted by Crippen LogP contribution is -2.40. The van der Waals surface area contributed by atoms with Crippen LogP contribution in [0.3, 0.4) is 0 Å². The Kier molecular flexibility index (Phi) is 7.67. The average molecular weight is 516 g/mol. The van der Waals surface area contributed by atoms with Crippen molar-refractivity contribution >= 4 is 17.7 Å². The van der Waals surface area contributed by atoms with Crippen LogP contribution < -0.4 is 19.3 Å². The van der Waals surface area contributed by atoms with Gasteiger partial charge in [0, 0.05) is 56.8 Å². The number of ether oxygens (including phenoxy) is 2. The molecule has 0 unspecified atom stereocenters. The van der Waals surface area contributed by atoms with Gasteiger partial charge in [-0.05, 0) is 36.5 Å². The van der Waals surface area contributed by atoms with Crippen molar-refractivity contribution in [3.8, 4) is 11.5 Å². The molecule has 0 saturated carbocycles. The predicted octanol–water partition coefficient (Wildman–Crippen LogP) is 4.57. The first-order valence-electron chi connectivity index (χ1n) is 13.4. The third kappa shape index (κ3) is 5.54. The number of fused-ring (bicyclic) bond motifs is 1. The normalized spacial score (nSPS) is 15.7. The zero-order valence-electron chi connectivity index (χ0n) is 22.8. The minimum atomic E-state index is -0.0451. The second-order valence-corrected chi connectivity index (χ2v) is 10.4. The van der Waals surface area contributed by atoms with Gasteiger partial charge in [0.1, 0.15) is 17.3 Å². The van der Waals surface area contributed by atoms with E-state index < -0.39 is 0 Å². The maximum atomic E-state index is 13.6. The summed E-state index contributed by atoms with van der Waals surface area (Å²) in [6.45, 7) is 6.06. The van der Waals surface area contributed by atoms with Crippen molar-refractivity contribution in [2.45, 2.75) is 39.3 Å². The van der Waals surface area contributed by atoms with Crippen LogP contribution in [0.25, 0.3) is 0 Å². The number of piperidine rings is 1. The topological polar surface area (TPSA) is 71.0 Å². The summed E-state index contributed by atoms with van der Waals surface area (Å²) >= 11 is 0. The molecule has 8 nitrogen and oxygen atoms in total. The standard InChI is InChI=1S/C30H37N5O3/c1-21-10-13-34(14-11-21)28-26-20-35(29(36)23-16-24(37-3)18-25(17-23)38-4)15-12-27(26)31-30(32-28)33(2)19-22-8-6-5-7-9-22/h5-9,16-18,21H,10-15,19-20H2,1-4H3. The molecule has 0 bridgehead atoms. The van der Waals surface area contributed by atoms with Gasteiger partial charge in [0.15, 0.2) is 0 Å². The molecule has 0 radical (unpaired) electrons. The van der Waals surface area contributed by atoms with Crippen molar-refractivity contribution in [3.05, 3.63) is 70.9 Å². The molecule has 1 aromatic heterocycles. The molecule has 3 aromatic rings. The third-order valence-corrected chi connectivity index (χ3v) is 7.60. The number of nitrogens with zero attached hydrogens (tertiary/aromatic N) is 5. The van der Waals surface area contributed by atoms with Crippen molar-refractivity contribution in [1.29, 1.82) is 0 Å². The largest absolute Gasteiger partial charge is 0.497 e. The van der Waals surface area contributed by atoms with E-state index in [9.17, 15) is 4.79 Å². The fourth-order valence-electron chi connectivity index (χ4n) is 5.25. The van der Waals surface area contributed by atoms with E-state index in [1.807, 2.05) is 18.0 Å². The first-order valence-corrected chi connectivity index (χ1v) is 13.4. The van der Waals surface area contributed by atoms with Crippen molar-refractivity contribution in [1.82, 2.24) is 14.9 Å². The smallest absolute Gasteiger partial charge is 0.254 e. The zero-order valence-corrected chi connectivity index (χ0v) is 22.8. The molecule has 1 saturated heterocycles. The van der Waals surface area contributed by atoms with Gasteiger partial charge in [0.2, 0.25) is 5.95 Å². The number of hydrogen-bond donors (Lipinski definition) is 0. The van der Waals surface area contributed by atoms with Crippen molar-refractivity contribution < 1.29 is 14.3 Å². The molecule has 1 fully saturated rings. The zero-order chi connectivity index (χ0) is 26.6. The van der Waals surface area contributed by atoms with Gasteiger partial charge in [0.05, 0.1) is 26.5 Å². The summed E-state index contributed by atoms with van der Waals surface area (Å²) in [7, 11) is 5.23. The Balaban J connectivity index is 1.46. The van der Waals surface area contributed by atoms with Crippen LogP contribution in [0.15, 0.2) is 48.5 Å². The molecule has 0 aliphatic carbocycles. The van der Waals surface area contributed by atoms with Gasteiger partial charge in [-0.1, -0.05) is 37.3 Å². The van der Waals surface area contributed by atoms with E-state index in [0.29, 0.717) is 42.5 Å². The Bertz CT molecular complexity index is 1250.